The van der Waals surface area contributed by atoms with Gasteiger partial charge in [-0.3, -0.25) is 0 Å². The number of fused-ring (bicyclic) bond motifs is 5. The molecule has 4 aliphatic carbocycles. The molecule has 0 spiro atoms. The van der Waals surface area contributed by atoms with Crippen LogP contribution in [0.25, 0.3) is 0 Å². The maximum absolute atomic E-state index is 12.9. The lowest BCUT2D eigenvalue weighted by atomic mass is 9.38. The summed E-state index contributed by atoms with van der Waals surface area (Å²) in [5.74, 6) is 0.112. The third kappa shape index (κ3) is 12.9. The summed E-state index contributed by atoms with van der Waals surface area (Å²) < 4.78 is 60.1. The Bertz CT molecular complexity index is 2350. The van der Waals surface area contributed by atoms with Crippen LogP contribution in [0.1, 0.15) is 120 Å². The first-order chi connectivity index (χ1) is 41.7. The minimum atomic E-state index is -1.99. The summed E-state index contributed by atoms with van der Waals surface area (Å²) in [6.45, 7) is 14.9. The molecule has 0 aromatic rings. The minimum Gasteiger partial charge on any atom is -0.394 e. The molecule has 5 heterocycles. The fraction of sp³-hybridized carbons (Fsp3) is 0.967. The standard InChI is InChI=1S/C61H104O28/c1-10-28-37(67)44(74)51(89-55-48(78)50(41(71)32(23-65)84-55)88-53-46(76)43(73)39(69)30(21-63)82-53)56(80-28)86-36(58(5,6)79)15-11-24(2)25-17-18-59(7)33-14-12-26-27(61(33,9)34(66)19-60(25,59)8)13-16-35(57(26,3)4)85-54-47(77)49(40(70)31(22-64)83-54)87-52-45(75)42(72)38(68)29(20-62)81-52/h12,24-25,27-56,62-79H,10-11,13-23H2,1-9H3/t24-,25?,27?,28-,29-,30-,31-,32-,33?,34-,35+,36-,37-,38-,39-,40-,41-,42+,43+,44+,45-,46-,47-,48-,49+,50+,51-,52+,53+,54+,55+,56+,59+,60-,61+/m1/s1. The smallest absolute Gasteiger partial charge is 0.187 e. The molecule has 8 fully saturated rings. The Balaban J connectivity index is 0.879. The van der Waals surface area contributed by atoms with Gasteiger partial charge in [-0.2, -0.15) is 0 Å². The third-order valence-electron chi connectivity index (χ3n) is 23.1. The zero-order valence-electron chi connectivity index (χ0n) is 52.4. The van der Waals surface area contributed by atoms with Crippen LogP contribution < -0.4 is 0 Å². The van der Waals surface area contributed by atoms with Crippen LogP contribution in [0.15, 0.2) is 11.6 Å². The van der Waals surface area contributed by atoms with E-state index in [1.54, 1.807) is 20.8 Å². The van der Waals surface area contributed by atoms with Gasteiger partial charge in [0.1, 0.15) is 116 Å². The highest BCUT2D eigenvalue weighted by molar-refractivity contribution is 5.32. The monoisotopic (exact) mass is 1280 g/mol. The Labute approximate surface area is 518 Å². The van der Waals surface area contributed by atoms with Gasteiger partial charge < -0.3 is 139 Å². The van der Waals surface area contributed by atoms with Crippen LogP contribution in [-0.4, -0.2) is 296 Å². The highest BCUT2D eigenvalue weighted by Gasteiger charge is 2.71. The summed E-state index contributed by atoms with van der Waals surface area (Å²) >= 11 is 0. The Morgan fingerprint density at radius 3 is 1.45 bits per heavy atom. The van der Waals surface area contributed by atoms with E-state index in [0.29, 0.717) is 32.1 Å². The maximum atomic E-state index is 12.9. The molecule has 3 unspecified atom stereocenters. The minimum absolute atomic E-state index is 0.0162. The number of ether oxygens (including phenoxy) is 10. The zero-order chi connectivity index (χ0) is 65.5. The van der Waals surface area contributed by atoms with Crippen molar-refractivity contribution in [3.63, 3.8) is 0 Å². The number of allylic oxidation sites excluding steroid dienone is 1. The summed E-state index contributed by atoms with van der Waals surface area (Å²) in [7, 11) is 0. The molecule has 89 heavy (non-hydrogen) atoms. The van der Waals surface area contributed by atoms with Gasteiger partial charge in [-0.15, -0.1) is 0 Å². The van der Waals surface area contributed by atoms with E-state index in [9.17, 15) is 91.9 Å². The number of aliphatic hydroxyl groups is 18. The lowest BCUT2D eigenvalue weighted by Crippen LogP contribution is -2.67. The molecule has 28 heteroatoms. The fourth-order valence-corrected chi connectivity index (χ4v) is 17.4. The molecular formula is C61H104O28. The predicted molar refractivity (Wildman–Crippen MR) is 303 cm³/mol. The van der Waals surface area contributed by atoms with Gasteiger partial charge in [0.25, 0.3) is 0 Å². The van der Waals surface area contributed by atoms with Crippen LogP contribution in [-0.2, 0) is 47.4 Å². The highest BCUT2D eigenvalue weighted by atomic mass is 16.8. The van der Waals surface area contributed by atoms with E-state index < -0.39 is 215 Å². The molecule has 28 nitrogen and oxygen atoms in total. The molecule has 5 aliphatic heterocycles. The van der Waals surface area contributed by atoms with Crippen molar-refractivity contribution in [1.29, 1.82) is 0 Å². The van der Waals surface area contributed by atoms with Crippen LogP contribution in [0.3, 0.4) is 0 Å². The first-order valence-electron chi connectivity index (χ1n) is 32.0. The van der Waals surface area contributed by atoms with Gasteiger partial charge in [-0.05, 0) is 106 Å². The van der Waals surface area contributed by atoms with Gasteiger partial charge in [0.15, 0.2) is 31.5 Å². The van der Waals surface area contributed by atoms with Crippen LogP contribution in [0.2, 0.25) is 0 Å². The average Bonchev–Trinajstić information content (AvgIpc) is 1.66. The van der Waals surface area contributed by atoms with Crippen molar-refractivity contribution in [2.24, 2.45) is 45.3 Å². The first kappa shape index (κ1) is 71.9. The van der Waals surface area contributed by atoms with Crippen molar-refractivity contribution < 1.29 is 139 Å². The maximum Gasteiger partial charge on any atom is 0.187 e. The fourth-order valence-electron chi connectivity index (χ4n) is 17.4. The van der Waals surface area contributed by atoms with Crippen LogP contribution in [0.5, 0.6) is 0 Å². The summed E-state index contributed by atoms with van der Waals surface area (Å²) in [6.07, 6.45) is -36.3. The van der Waals surface area contributed by atoms with Crippen LogP contribution >= 0.6 is 0 Å². The van der Waals surface area contributed by atoms with Crippen molar-refractivity contribution in [2.75, 3.05) is 26.4 Å². The quantitative estimate of drug-likeness (QED) is 0.0517. The van der Waals surface area contributed by atoms with Crippen molar-refractivity contribution in [1.82, 2.24) is 0 Å². The Hall–Kier alpha value is -1.38. The van der Waals surface area contributed by atoms with Crippen molar-refractivity contribution in [3.8, 4) is 0 Å². The van der Waals surface area contributed by atoms with E-state index in [2.05, 4.69) is 33.8 Å². The molecule has 0 bridgehead atoms. The molecule has 0 aromatic heterocycles. The second-order valence-electron chi connectivity index (χ2n) is 28.9. The van der Waals surface area contributed by atoms with E-state index in [4.69, 9.17) is 47.4 Å². The summed E-state index contributed by atoms with van der Waals surface area (Å²) in [5, 5.41) is 197. The average molecular weight is 1290 g/mol. The van der Waals surface area contributed by atoms with E-state index in [1.165, 1.54) is 0 Å². The first-order valence-corrected chi connectivity index (χ1v) is 32.0. The molecule has 0 amide bonds. The van der Waals surface area contributed by atoms with E-state index in [0.717, 1.165) is 18.4 Å². The van der Waals surface area contributed by atoms with E-state index in [-0.39, 0.29) is 47.3 Å². The summed E-state index contributed by atoms with van der Waals surface area (Å²) in [5.41, 5.74) is -2.31. The van der Waals surface area contributed by atoms with Crippen molar-refractivity contribution in [2.45, 2.75) is 298 Å². The molecule has 0 radical (unpaired) electrons. The Kier molecular flexibility index (Phi) is 22.3. The van der Waals surface area contributed by atoms with E-state index >= 15 is 0 Å². The molecule has 9 rings (SSSR count). The molecule has 5 saturated heterocycles. The highest BCUT2D eigenvalue weighted by Crippen LogP contribution is 2.75. The summed E-state index contributed by atoms with van der Waals surface area (Å²) in [6, 6.07) is 0. The molecule has 35 atom stereocenters. The Morgan fingerprint density at radius 2 is 0.966 bits per heavy atom. The van der Waals surface area contributed by atoms with Gasteiger partial charge in [-0.1, -0.05) is 60.1 Å². The van der Waals surface area contributed by atoms with Gasteiger partial charge in [0.2, 0.25) is 0 Å². The second-order valence-corrected chi connectivity index (χ2v) is 28.9. The molecular weight excluding hydrogens is 1180 g/mol. The van der Waals surface area contributed by atoms with Crippen molar-refractivity contribution >= 4 is 0 Å². The zero-order valence-corrected chi connectivity index (χ0v) is 52.4. The normalized spacial score (nSPS) is 51.8. The topological polar surface area (TPSA) is 456 Å². The SMILES string of the molecule is CC[C@H]1O[C@@H](O[C@H](CC[C@@H](C)C2CC[C@@]3(C)C4CC=C5C(CC[C@H](O[C@@H]6O[C@H](CO)[C@@H](O)[C@H](O[C@@H]7O[C@H](CO)[C@@H](O)[C@H](O)[C@H]7O)[C@H]6O)C5(C)C)[C@]4(C)[C@H](O)C[C@]23C)C(C)(C)O)[C@H](O[C@@H]2O[C@H](CO)[C@@H](O)[C@H](O[C@@H]3O[C@H](CO)[C@@H](O)[C@H](O)[C@H]3O)[C@H]2O)[C@@H](O)[C@@H]1O. The Morgan fingerprint density at radius 1 is 0.517 bits per heavy atom. The van der Waals surface area contributed by atoms with Gasteiger partial charge >= 0.3 is 0 Å². The molecule has 18 N–H and O–H groups in total. The third-order valence-corrected chi connectivity index (χ3v) is 23.1. The van der Waals surface area contributed by atoms with Crippen LogP contribution in [0.4, 0.5) is 0 Å². The lowest BCUT2D eigenvalue weighted by Gasteiger charge is -2.67. The van der Waals surface area contributed by atoms with Gasteiger partial charge in [-0.25, -0.2) is 0 Å². The number of aliphatic hydroxyl groups excluding tert-OH is 17. The lowest BCUT2D eigenvalue weighted by molar-refractivity contribution is -0.389. The van der Waals surface area contributed by atoms with Gasteiger partial charge in [0.05, 0.1) is 56.4 Å². The number of rotatable bonds is 20. The van der Waals surface area contributed by atoms with Crippen LogP contribution in [0, 0.1) is 45.3 Å². The van der Waals surface area contributed by atoms with Crippen molar-refractivity contribution in [3.05, 3.63) is 11.6 Å². The number of hydrogen-bond donors (Lipinski definition) is 18. The summed E-state index contributed by atoms with van der Waals surface area (Å²) in [4.78, 5) is 0. The van der Waals surface area contributed by atoms with E-state index in [1.807, 2.05) is 13.8 Å². The van der Waals surface area contributed by atoms with Gasteiger partial charge in [0, 0.05) is 10.8 Å². The number of hydrogen-bond acceptors (Lipinski definition) is 28. The molecule has 0 aromatic carbocycles. The second kappa shape index (κ2) is 27.6. The molecule has 3 saturated carbocycles. The predicted octanol–water partition coefficient (Wildman–Crippen LogP) is -3.99. The molecule has 9 aliphatic rings. The molecule has 516 valence electrons. The largest absolute Gasteiger partial charge is 0.394 e.